The van der Waals surface area contributed by atoms with Crippen LogP contribution in [0.3, 0.4) is 0 Å². The van der Waals surface area contributed by atoms with E-state index in [0.29, 0.717) is 0 Å². The van der Waals surface area contributed by atoms with Crippen molar-refractivity contribution in [2.24, 2.45) is 5.92 Å². The molecule has 0 aliphatic rings. The van der Waals surface area contributed by atoms with E-state index in [1.807, 2.05) is 13.8 Å². The summed E-state index contributed by atoms with van der Waals surface area (Å²) in [6.07, 6.45) is 4.83. The summed E-state index contributed by atoms with van der Waals surface area (Å²) in [5.74, 6) is 0.263. The summed E-state index contributed by atoms with van der Waals surface area (Å²) in [5.41, 5.74) is 0. The Morgan fingerprint density at radius 2 is 1.67 bits per heavy atom. The van der Waals surface area contributed by atoms with E-state index in [2.05, 4.69) is 13.8 Å². The number of rotatable bonds is 4. The van der Waals surface area contributed by atoms with Crippen molar-refractivity contribution in [3.8, 4) is 0 Å². The van der Waals surface area contributed by atoms with E-state index in [0.717, 1.165) is 6.29 Å². The Kier molecular flexibility index (Phi) is 13.2. The Hall–Kier alpha value is -0.0400. The molecule has 0 bridgehead atoms. The molecule has 0 unspecified atom stereocenters. The van der Waals surface area contributed by atoms with Crippen LogP contribution in [-0.2, 0) is 4.79 Å². The van der Waals surface area contributed by atoms with Crippen molar-refractivity contribution in [1.82, 2.24) is 0 Å². The van der Waals surface area contributed by atoms with Gasteiger partial charge in [-0.3, -0.25) is 0 Å². The first-order chi connectivity index (χ1) is 5.59. The first-order valence-corrected chi connectivity index (χ1v) is 5.13. The Morgan fingerprint density at radius 1 is 1.25 bits per heavy atom. The number of unbranched alkanes of at least 4 members (excludes halogenated alkanes) is 2. The molecule has 0 saturated heterocycles. The van der Waals surface area contributed by atoms with Crippen molar-refractivity contribution in [3.05, 3.63) is 0 Å². The molecule has 0 radical (unpaired) electrons. The number of alkyl halides is 1. The van der Waals surface area contributed by atoms with Crippen LogP contribution in [0.25, 0.3) is 0 Å². The maximum atomic E-state index is 9.81. The summed E-state index contributed by atoms with van der Waals surface area (Å²) >= 11 is 5.43. The summed E-state index contributed by atoms with van der Waals surface area (Å²) in [6, 6.07) is 0. The fraction of sp³-hybridized carbons (Fsp3) is 0.900. The zero-order valence-corrected chi connectivity index (χ0v) is 9.40. The maximum absolute atomic E-state index is 9.81. The van der Waals surface area contributed by atoms with Gasteiger partial charge in [-0.1, -0.05) is 47.0 Å². The SMILES string of the molecule is CC(C)[C@@H](Cl)C=O.CCCCC. The first kappa shape index (κ1) is 14.5. The average Bonchev–Trinajstić information content (AvgIpc) is 2.05. The van der Waals surface area contributed by atoms with Gasteiger partial charge in [0.05, 0.1) is 5.38 Å². The van der Waals surface area contributed by atoms with Gasteiger partial charge < -0.3 is 4.79 Å². The van der Waals surface area contributed by atoms with Crippen LogP contribution in [-0.4, -0.2) is 11.7 Å². The molecule has 1 nitrogen and oxygen atoms in total. The second kappa shape index (κ2) is 11.0. The molecule has 1 atom stereocenters. The Morgan fingerprint density at radius 3 is 1.67 bits per heavy atom. The number of halogens is 1. The third-order valence-corrected chi connectivity index (χ3v) is 2.08. The van der Waals surface area contributed by atoms with Gasteiger partial charge in [-0.05, 0) is 5.92 Å². The van der Waals surface area contributed by atoms with Gasteiger partial charge in [0, 0.05) is 0 Å². The Bertz CT molecular complexity index is 89.8. The van der Waals surface area contributed by atoms with Gasteiger partial charge >= 0.3 is 0 Å². The van der Waals surface area contributed by atoms with E-state index in [1.165, 1.54) is 19.3 Å². The smallest absolute Gasteiger partial charge is 0.138 e. The third kappa shape index (κ3) is 12.6. The van der Waals surface area contributed by atoms with Crippen LogP contribution in [0.4, 0.5) is 0 Å². The maximum Gasteiger partial charge on any atom is 0.138 e. The lowest BCUT2D eigenvalue weighted by molar-refractivity contribution is -0.108. The number of hydrogen-bond donors (Lipinski definition) is 0. The van der Waals surface area contributed by atoms with E-state index in [9.17, 15) is 4.79 Å². The van der Waals surface area contributed by atoms with Crippen molar-refractivity contribution in [1.29, 1.82) is 0 Å². The van der Waals surface area contributed by atoms with Crippen molar-refractivity contribution < 1.29 is 4.79 Å². The third-order valence-electron chi connectivity index (χ3n) is 1.47. The average molecular weight is 193 g/mol. The summed E-state index contributed by atoms with van der Waals surface area (Å²) in [7, 11) is 0. The lowest BCUT2D eigenvalue weighted by atomic mass is 10.1. The van der Waals surface area contributed by atoms with Crippen molar-refractivity contribution in [3.63, 3.8) is 0 Å². The van der Waals surface area contributed by atoms with E-state index in [4.69, 9.17) is 11.6 Å². The molecular weight excluding hydrogens is 172 g/mol. The summed E-state index contributed by atoms with van der Waals surface area (Å²) in [4.78, 5) is 9.81. The minimum absolute atomic E-state index is 0.263. The van der Waals surface area contributed by atoms with Gasteiger partial charge in [0.2, 0.25) is 0 Å². The predicted molar refractivity (Wildman–Crippen MR) is 55.7 cm³/mol. The molecule has 0 heterocycles. The van der Waals surface area contributed by atoms with Crippen molar-refractivity contribution >= 4 is 17.9 Å². The molecular formula is C10H21ClO. The highest BCUT2D eigenvalue weighted by Crippen LogP contribution is 2.04. The molecule has 0 aliphatic heterocycles. The number of aldehydes is 1. The lowest BCUT2D eigenvalue weighted by Crippen LogP contribution is -2.07. The second-order valence-electron chi connectivity index (χ2n) is 3.18. The molecule has 0 spiro atoms. The van der Waals surface area contributed by atoms with Crippen molar-refractivity contribution in [2.45, 2.75) is 52.3 Å². The highest BCUT2D eigenvalue weighted by Gasteiger charge is 2.05. The highest BCUT2D eigenvalue weighted by atomic mass is 35.5. The summed E-state index contributed by atoms with van der Waals surface area (Å²) < 4.78 is 0. The van der Waals surface area contributed by atoms with Crippen LogP contribution in [0.15, 0.2) is 0 Å². The molecule has 2 heteroatoms. The normalized spacial score (nSPS) is 11.8. The molecule has 0 aromatic rings. The zero-order chi connectivity index (χ0) is 9.98. The minimum atomic E-state index is -0.306. The molecule has 0 rings (SSSR count). The van der Waals surface area contributed by atoms with Crippen LogP contribution in [0, 0.1) is 5.92 Å². The van der Waals surface area contributed by atoms with Crippen LogP contribution in [0.2, 0.25) is 0 Å². The van der Waals surface area contributed by atoms with Crippen molar-refractivity contribution in [2.75, 3.05) is 0 Å². The summed E-state index contributed by atoms with van der Waals surface area (Å²) in [6.45, 7) is 8.24. The standard InChI is InChI=1S/C5H9ClO.C5H12/c1-4(2)5(6)3-7;1-3-5-4-2/h3-5H,1-2H3;3-5H2,1-2H3/t5-;/m0./s1. The molecule has 0 aromatic heterocycles. The molecule has 0 amide bonds. The van der Waals surface area contributed by atoms with Gasteiger partial charge in [0.1, 0.15) is 6.29 Å². The van der Waals surface area contributed by atoms with Crippen LogP contribution in [0.1, 0.15) is 47.0 Å². The molecule has 0 saturated carbocycles. The fourth-order valence-corrected chi connectivity index (χ4v) is 0.511. The predicted octanol–water partition coefficient (Wildman–Crippen LogP) is 3.65. The Labute approximate surface area is 81.5 Å². The molecule has 0 aliphatic carbocycles. The number of carbonyl (C=O) groups is 1. The topological polar surface area (TPSA) is 17.1 Å². The molecule has 0 aromatic carbocycles. The summed E-state index contributed by atoms with van der Waals surface area (Å²) in [5, 5.41) is -0.306. The van der Waals surface area contributed by atoms with Crippen LogP contribution in [0.5, 0.6) is 0 Å². The first-order valence-electron chi connectivity index (χ1n) is 4.69. The van der Waals surface area contributed by atoms with Gasteiger partial charge in [0.25, 0.3) is 0 Å². The molecule has 12 heavy (non-hydrogen) atoms. The van der Waals surface area contributed by atoms with E-state index in [1.54, 1.807) is 0 Å². The number of hydrogen-bond acceptors (Lipinski definition) is 1. The van der Waals surface area contributed by atoms with Crippen LogP contribution < -0.4 is 0 Å². The molecule has 0 fully saturated rings. The van der Waals surface area contributed by atoms with Gasteiger partial charge in [-0.15, -0.1) is 11.6 Å². The monoisotopic (exact) mass is 192 g/mol. The van der Waals surface area contributed by atoms with E-state index in [-0.39, 0.29) is 11.3 Å². The quantitative estimate of drug-likeness (QED) is 0.491. The molecule has 74 valence electrons. The largest absolute Gasteiger partial charge is 0.302 e. The van der Waals surface area contributed by atoms with Gasteiger partial charge in [0.15, 0.2) is 0 Å². The Balaban J connectivity index is 0. The van der Waals surface area contributed by atoms with E-state index < -0.39 is 0 Å². The highest BCUT2D eigenvalue weighted by molar-refractivity contribution is 6.27. The minimum Gasteiger partial charge on any atom is -0.302 e. The second-order valence-corrected chi connectivity index (χ2v) is 3.68. The lowest BCUT2D eigenvalue weighted by Gasteiger charge is -2.01. The number of carbonyl (C=O) groups excluding carboxylic acids is 1. The fourth-order valence-electron chi connectivity index (χ4n) is 0.511. The molecule has 0 N–H and O–H groups in total. The van der Waals surface area contributed by atoms with Gasteiger partial charge in [-0.2, -0.15) is 0 Å². The van der Waals surface area contributed by atoms with E-state index >= 15 is 0 Å². The van der Waals surface area contributed by atoms with Crippen LogP contribution >= 0.6 is 11.6 Å². The zero-order valence-electron chi connectivity index (χ0n) is 8.64. The van der Waals surface area contributed by atoms with Gasteiger partial charge in [-0.25, -0.2) is 0 Å².